The van der Waals surface area contributed by atoms with Gasteiger partial charge in [-0.1, -0.05) is 69.2 Å². The second-order valence-corrected chi connectivity index (χ2v) is 10.2. The SMILES string of the molecule is Cc1cccc(F)c1Pc1cccc(-c2ccccc2)c1O.[Cl][Zr][Cl]. The van der Waals surface area contributed by atoms with E-state index >= 15 is 0 Å². The molecule has 0 saturated heterocycles. The summed E-state index contributed by atoms with van der Waals surface area (Å²) in [6.45, 7) is 1.89. The average Bonchev–Trinajstić information content (AvgIpc) is 2.61. The maximum atomic E-state index is 14.0. The maximum absolute atomic E-state index is 14.0. The van der Waals surface area contributed by atoms with Crippen molar-refractivity contribution in [1.29, 1.82) is 0 Å². The van der Waals surface area contributed by atoms with Crippen LogP contribution in [0.15, 0.2) is 66.7 Å². The Balaban J connectivity index is 0.000000701. The van der Waals surface area contributed by atoms with Gasteiger partial charge in [0.1, 0.15) is 11.6 Å². The van der Waals surface area contributed by atoms with Crippen molar-refractivity contribution in [3.8, 4) is 16.9 Å². The van der Waals surface area contributed by atoms with E-state index in [1.54, 1.807) is 6.07 Å². The minimum absolute atomic E-state index is 0.0895. The van der Waals surface area contributed by atoms with Gasteiger partial charge in [-0.3, -0.25) is 0 Å². The van der Waals surface area contributed by atoms with Crippen molar-refractivity contribution in [2.45, 2.75) is 6.92 Å². The summed E-state index contributed by atoms with van der Waals surface area (Å²) < 4.78 is 14.0. The third kappa shape index (κ3) is 5.63. The molecule has 0 aliphatic rings. The van der Waals surface area contributed by atoms with Crippen molar-refractivity contribution in [2.24, 2.45) is 0 Å². The van der Waals surface area contributed by atoms with Gasteiger partial charge in [-0.25, -0.2) is 4.39 Å². The van der Waals surface area contributed by atoms with E-state index in [0.717, 1.165) is 22.0 Å². The quantitative estimate of drug-likeness (QED) is 0.499. The third-order valence-electron chi connectivity index (χ3n) is 3.60. The molecule has 0 saturated carbocycles. The molecule has 1 N–H and O–H groups in total. The molecule has 3 rings (SSSR count). The molecule has 0 aromatic heterocycles. The zero-order valence-electron chi connectivity index (χ0n) is 13.4. The van der Waals surface area contributed by atoms with Crippen molar-refractivity contribution >= 4 is 36.2 Å². The zero-order valence-corrected chi connectivity index (χ0v) is 18.4. The average molecular weight is 472 g/mol. The van der Waals surface area contributed by atoms with Gasteiger partial charge in [-0.2, -0.15) is 0 Å². The Morgan fingerprint density at radius 3 is 2.20 bits per heavy atom. The second kappa shape index (κ2) is 10.4. The summed E-state index contributed by atoms with van der Waals surface area (Å²) in [4.78, 5) is 0. The van der Waals surface area contributed by atoms with Crippen LogP contribution >= 0.6 is 25.6 Å². The van der Waals surface area contributed by atoms with Crippen LogP contribution in [0, 0.1) is 12.7 Å². The molecule has 6 heteroatoms. The van der Waals surface area contributed by atoms with Crippen LogP contribution in [0.1, 0.15) is 5.56 Å². The molecule has 0 amide bonds. The van der Waals surface area contributed by atoms with E-state index in [2.05, 4.69) is 0 Å². The van der Waals surface area contributed by atoms with E-state index in [1.165, 1.54) is 6.07 Å². The van der Waals surface area contributed by atoms with E-state index in [-0.39, 0.29) is 20.1 Å². The zero-order chi connectivity index (χ0) is 18.2. The molecular weight excluding hydrogens is 456 g/mol. The predicted octanol–water partition coefficient (Wildman–Crippen LogP) is 5.51. The van der Waals surface area contributed by atoms with Crippen molar-refractivity contribution in [3.05, 3.63) is 78.1 Å². The van der Waals surface area contributed by atoms with Gasteiger partial charge in [0, 0.05) is 16.2 Å². The summed E-state index contributed by atoms with van der Waals surface area (Å²) in [6.07, 6.45) is 0. The molecule has 128 valence electrons. The molecule has 0 radical (unpaired) electrons. The fourth-order valence-corrected chi connectivity index (χ4v) is 3.61. The van der Waals surface area contributed by atoms with Gasteiger partial charge >= 0.3 is 37.9 Å². The Morgan fingerprint density at radius 2 is 1.56 bits per heavy atom. The first-order chi connectivity index (χ1) is 12.1. The Bertz CT molecular complexity index is 811. The molecule has 3 aromatic rings. The van der Waals surface area contributed by atoms with E-state index in [0.29, 0.717) is 5.30 Å². The van der Waals surface area contributed by atoms with Crippen LogP contribution in [0.5, 0.6) is 5.75 Å². The van der Waals surface area contributed by atoms with Crippen LogP contribution in [-0.4, -0.2) is 5.11 Å². The van der Waals surface area contributed by atoms with Gasteiger partial charge in [0.05, 0.1) is 0 Å². The number of aryl methyl sites for hydroxylation is 1. The van der Waals surface area contributed by atoms with Crippen LogP contribution in [0.4, 0.5) is 4.39 Å². The monoisotopic (exact) mass is 470 g/mol. The Morgan fingerprint density at radius 1 is 0.920 bits per heavy atom. The molecule has 1 nitrogen and oxygen atoms in total. The molecule has 0 bridgehead atoms. The molecular formula is C19H16Cl2FOPZr. The fourth-order valence-electron chi connectivity index (χ4n) is 2.42. The topological polar surface area (TPSA) is 20.2 Å². The van der Waals surface area contributed by atoms with Crippen molar-refractivity contribution in [1.82, 2.24) is 0 Å². The summed E-state index contributed by atoms with van der Waals surface area (Å²) in [7, 11) is 9.96. The molecule has 3 aromatic carbocycles. The normalized spacial score (nSPS) is 10.4. The number of halogens is 3. The van der Waals surface area contributed by atoms with Gasteiger partial charge in [0.25, 0.3) is 0 Å². The molecule has 0 aliphatic heterocycles. The Kier molecular flexibility index (Phi) is 8.60. The molecule has 25 heavy (non-hydrogen) atoms. The van der Waals surface area contributed by atoms with Gasteiger partial charge < -0.3 is 5.11 Å². The van der Waals surface area contributed by atoms with E-state index in [4.69, 9.17) is 17.0 Å². The molecule has 1 atom stereocenters. The number of hydrogen-bond donors (Lipinski definition) is 1. The van der Waals surface area contributed by atoms with Crippen LogP contribution < -0.4 is 10.6 Å². The molecule has 0 spiro atoms. The van der Waals surface area contributed by atoms with Crippen LogP contribution in [0.25, 0.3) is 11.1 Å². The molecule has 0 heterocycles. The fraction of sp³-hybridized carbons (Fsp3) is 0.0526. The Labute approximate surface area is 167 Å². The molecule has 0 aliphatic carbocycles. The number of aromatic hydroxyl groups is 1. The van der Waals surface area contributed by atoms with E-state index < -0.39 is 20.8 Å². The molecule has 0 fully saturated rings. The van der Waals surface area contributed by atoms with Gasteiger partial charge in [-0.15, -0.1) is 0 Å². The number of rotatable bonds is 3. The first-order valence-corrected chi connectivity index (χ1v) is 14.8. The third-order valence-corrected chi connectivity index (χ3v) is 5.16. The first kappa shape index (κ1) is 20.6. The second-order valence-electron chi connectivity index (χ2n) is 5.20. The van der Waals surface area contributed by atoms with Crippen molar-refractivity contribution in [3.63, 3.8) is 0 Å². The van der Waals surface area contributed by atoms with Crippen LogP contribution in [-0.2, 0) is 20.8 Å². The van der Waals surface area contributed by atoms with Crippen molar-refractivity contribution in [2.75, 3.05) is 0 Å². The summed E-state index contributed by atoms with van der Waals surface area (Å²) in [5, 5.41) is 12.0. The van der Waals surface area contributed by atoms with E-state index in [1.807, 2.05) is 61.5 Å². The number of benzene rings is 3. The van der Waals surface area contributed by atoms with Gasteiger partial charge in [-0.05, 0) is 24.1 Å². The molecule has 1 unspecified atom stereocenters. The standard InChI is InChI=1S/C19H16FOP.2ClH.Zr/c1-13-7-5-11-16(20)19(13)22-17-12-6-10-15(18(17)21)14-8-3-2-4-9-14;;;/h2-12,21-22H,1H3;2*1H;/q;;;+2/p-2. The summed E-state index contributed by atoms with van der Waals surface area (Å²) in [6, 6.07) is 20.4. The summed E-state index contributed by atoms with van der Waals surface area (Å²) in [5.74, 6) is 0.0116. The first-order valence-electron chi connectivity index (χ1n) is 7.44. The number of phenols is 1. The van der Waals surface area contributed by atoms with Crippen molar-refractivity contribution < 1.29 is 30.3 Å². The summed E-state index contributed by atoms with van der Waals surface area (Å²) in [5.41, 5.74) is 2.64. The van der Waals surface area contributed by atoms with E-state index in [9.17, 15) is 9.50 Å². The number of hydrogen-bond acceptors (Lipinski definition) is 1. The van der Waals surface area contributed by atoms with Gasteiger partial charge in [0.15, 0.2) is 0 Å². The Hall–Kier alpha value is -0.717. The van der Waals surface area contributed by atoms with Crippen LogP contribution in [0.2, 0.25) is 0 Å². The number of phenolic OH excluding ortho intramolecular Hbond substituents is 1. The number of para-hydroxylation sites is 1. The van der Waals surface area contributed by atoms with Gasteiger partial charge in [0.2, 0.25) is 0 Å². The summed E-state index contributed by atoms with van der Waals surface area (Å²) >= 11 is -0.826. The predicted molar refractivity (Wildman–Crippen MR) is 104 cm³/mol. The van der Waals surface area contributed by atoms with Crippen LogP contribution in [0.3, 0.4) is 0 Å². The minimum atomic E-state index is -0.826.